The predicted molar refractivity (Wildman–Crippen MR) is 120 cm³/mol. The normalized spacial score (nSPS) is 15.2. The number of hydrogen-bond donors (Lipinski definition) is 1. The van der Waals surface area contributed by atoms with E-state index in [1.54, 1.807) is 0 Å². The Hall–Kier alpha value is -2.51. The first-order valence-electron chi connectivity index (χ1n) is 9.36. The van der Waals surface area contributed by atoms with E-state index in [2.05, 4.69) is 12.2 Å². The van der Waals surface area contributed by atoms with Crippen molar-refractivity contribution in [1.29, 1.82) is 0 Å². The van der Waals surface area contributed by atoms with Gasteiger partial charge in [-0.2, -0.15) is 0 Å². The van der Waals surface area contributed by atoms with E-state index < -0.39 is 0 Å². The van der Waals surface area contributed by atoms with E-state index in [1.165, 1.54) is 46.5 Å². The minimum absolute atomic E-state index is 0.126. The van der Waals surface area contributed by atoms with Crippen LogP contribution in [0.5, 0.6) is 0 Å². The Morgan fingerprint density at radius 2 is 1.86 bits per heavy atom. The molecule has 0 atom stereocenters. The van der Waals surface area contributed by atoms with Gasteiger partial charge < -0.3 is 5.32 Å². The molecule has 0 saturated carbocycles. The number of aryl methyl sites for hydroxylation is 1. The number of carbonyl (C=O) groups is 2. The van der Waals surface area contributed by atoms with Gasteiger partial charge in [0, 0.05) is 18.7 Å². The van der Waals surface area contributed by atoms with Gasteiger partial charge in [-0.1, -0.05) is 55.2 Å². The van der Waals surface area contributed by atoms with Crippen LogP contribution in [0.15, 0.2) is 53.4 Å². The van der Waals surface area contributed by atoms with Gasteiger partial charge in [0.15, 0.2) is 0 Å². The van der Waals surface area contributed by atoms with Crippen LogP contribution in [-0.4, -0.2) is 27.6 Å². The van der Waals surface area contributed by atoms with Gasteiger partial charge in [-0.3, -0.25) is 14.5 Å². The summed E-state index contributed by atoms with van der Waals surface area (Å²) in [4.78, 5) is 26.8. The van der Waals surface area contributed by atoms with Crippen molar-refractivity contribution in [1.82, 2.24) is 4.90 Å². The molecule has 1 fully saturated rings. The van der Waals surface area contributed by atoms with E-state index in [0.29, 0.717) is 27.9 Å². The molecule has 0 aliphatic carbocycles. The highest BCUT2D eigenvalue weighted by Crippen LogP contribution is 2.32. The number of benzene rings is 2. The van der Waals surface area contributed by atoms with Crippen molar-refractivity contribution < 1.29 is 14.0 Å². The first kappa shape index (κ1) is 21.2. The molecule has 7 heteroatoms. The highest BCUT2D eigenvalue weighted by molar-refractivity contribution is 8.26. The molecule has 0 spiro atoms. The van der Waals surface area contributed by atoms with Crippen molar-refractivity contribution in [3.05, 3.63) is 70.4 Å². The zero-order valence-corrected chi connectivity index (χ0v) is 17.6. The molecular weight excluding hydrogens is 407 g/mol. The molecule has 2 aromatic carbocycles. The molecule has 1 aliphatic rings. The van der Waals surface area contributed by atoms with E-state index >= 15 is 0 Å². The first-order chi connectivity index (χ1) is 14.0. The molecule has 2 aromatic rings. The Morgan fingerprint density at radius 1 is 1.17 bits per heavy atom. The highest BCUT2D eigenvalue weighted by Gasteiger charge is 2.31. The lowest BCUT2D eigenvalue weighted by atomic mass is 10.1. The number of hydrogen-bond acceptors (Lipinski definition) is 4. The number of nitrogens with zero attached hydrogens (tertiary/aromatic N) is 1. The fraction of sp³-hybridized carbons (Fsp3) is 0.227. The standard InChI is InChI=1S/C22H21FN2O2S2/c1-2-15-5-7-16(8-6-15)14-19-21(27)25(22(28)29-19)13-3-4-20(26)24-18-11-9-17(23)10-12-18/h5-12,14H,2-4,13H2,1H3,(H,24,26)/b19-14-. The summed E-state index contributed by atoms with van der Waals surface area (Å²) in [6, 6.07) is 13.7. The Morgan fingerprint density at radius 3 is 2.52 bits per heavy atom. The largest absolute Gasteiger partial charge is 0.326 e. The fourth-order valence-electron chi connectivity index (χ4n) is 2.85. The summed E-state index contributed by atoms with van der Waals surface area (Å²) in [5, 5.41) is 2.71. The number of thioether (sulfide) groups is 1. The minimum atomic E-state index is -0.355. The quantitative estimate of drug-likeness (QED) is 0.498. The highest BCUT2D eigenvalue weighted by atomic mass is 32.2. The van der Waals surface area contributed by atoms with E-state index in [0.717, 1.165) is 12.0 Å². The SMILES string of the molecule is CCc1ccc(/C=C2\SC(=S)N(CCCC(=O)Nc3ccc(F)cc3)C2=O)cc1. The van der Waals surface area contributed by atoms with Crippen molar-refractivity contribution in [2.75, 3.05) is 11.9 Å². The third kappa shape index (κ3) is 5.74. The molecule has 29 heavy (non-hydrogen) atoms. The minimum Gasteiger partial charge on any atom is -0.326 e. The van der Waals surface area contributed by atoms with Crippen LogP contribution in [0.4, 0.5) is 10.1 Å². The molecule has 0 aromatic heterocycles. The Kier molecular flexibility index (Phi) is 7.17. The van der Waals surface area contributed by atoms with Gasteiger partial charge in [0.1, 0.15) is 10.1 Å². The summed E-state index contributed by atoms with van der Waals surface area (Å²) in [6.07, 6.45) is 3.54. The number of amides is 2. The van der Waals surface area contributed by atoms with Gasteiger partial charge in [0.2, 0.25) is 5.91 Å². The molecule has 1 N–H and O–H groups in total. The third-order valence-electron chi connectivity index (χ3n) is 4.47. The van der Waals surface area contributed by atoms with E-state index in [4.69, 9.17) is 12.2 Å². The van der Waals surface area contributed by atoms with Crippen LogP contribution >= 0.6 is 24.0 Å². The van der Waals surface area contributed by atoms with Crippen LogP contribution in [0.1, 0.15) is 30.9 Å². The van der Waals surface area contributed by atoms with Crippen molar-refractivity contribution in [2.24, 2.45) is 0 Å². The maximum absolute atomic E-state index is 12.9. The summed E-state index contributed by atoms with van der Waals surface area (Å²) in [7, 11) is 0. The van der Waals surface area contributed by atoms with E-state index in [1.807, 2.05) is 30.3 Å². The lowest BCUT2D eigenvalue weighted by Gasteiger charge is -2.14. The summed E-state index contributed by atoms with van der Waals surface area (Å²) in [5.74, 6) is -0.668. The predicted octanol–water partition coefficient (Wildman–Crippen LogP) is 5.01. The zero-order valence-electron chi connectivity index (χ0n) is 16.0. The number of anilines is 1. The summed E-state index contributed by atoms with van der Waals surface area (Å²) < 4.78 is 13.4. The van der Waals surface area contributed by atoms with Crippen LogP contribution in [0, 0.1) is 5.82 Å². The monoisotopic (exact) mass is 428 g/mol. The first-order valence-corrected chi connectivity index (χ1v) is 10.6. The Bertz CT molecular complexity index is 940. The van der Waals surface area contributed by atoms with Crippen molar-refractivity contribution in [2.45, 2.75) is 26.2 Å². The molecular formula is C22H21FN2O2S2. The summed E-state index contributed by atoms with van der Waals surface area (Å²) >= 11 is 6.62. The van der Waals surface area contributed by atoms with E-state index in [-0.39, 0.29) is 24.1 Å². The molecule has 0 radical (unpaired) electrons. The number of rotatable bonds is 7. The average molecular weight is 429 g/mol. The molecule has 0 unspecified atom stereocenters. The summed E-state index contributed by atoms with van der Waals surface area (Å²) in [6.45, 7) is 2.48. The Balaban J connectivity index is 1.52. The average Bonchev–Trinajstić information content (AvgIpc) is 2.97. The second-order valence-electron chi connectivity index (χ2n) is 6.59. The fourth-order valence-corrected chi connectivity index (χ4v) is 4.16. The van der Waals surface area contributed by atoms with Gasteiger partial charge in [0.25, 0.3) is 5.91 Å². The van der Waals surface area contributed by atoms with Crippen molar-refractivity contribution >= 4 is 51.9 Å². The smallest absolute Gasteiger partial charge is 0.266 e. The van der Waals surface area contributed by atoms with Gasteiger partial charge in [0.05, 0.1) is 4.91 Å². The lowest BCUT2D eigenvalue weighted by molar-refractivity contribution is -0.122. The van der Waals surface area contributed by atoms with Crippen LogP contribution in [0.3, 0.4) is 0 Å². The van der Waals surface area contributed by atoms with Crippen molar-refractivity contribution in [3.63, 3.8) is 0 Å². The van der Waals surface area contributed by atoms with Crippen LogP contribution in [0.2, 0.25) is 0 Å². The molecule has 1 saturated heterocycles. The van der Waals surface area contributed by atoms with E-state index in [9.17, 15) is 14.0 Å². The van der Waals surface area contributed by atoms with Gasteiger partial charge >= 0.3 is 0 Å². The second kappa shape index (κ2) is 9.80. The van der Waals surface area contributed by atoms with Gasteiger partial charge in [-0.15, -0.1) is 0 Å². The van der Waals surface area contributed by atoms with Gasteiger partial charge in [-0.25, -0.2) is 4.39 Å². The van der Waals surface area contributed by atoms with Gasteiger partial charge in [-0.05, 0) is 54.3 Å². The topological polar surface area (TPSA) is 49.4 Å². The van der Waals surface area contributed by atoms with Crippen LogP contribution in [0.25, 0.3) is 6.08 Å². The number of thiocarbonyl (C=S) groups is 1. The van der Waals surface area contributed by atoms with Crippen LogP contribution < -0.4 is 5.32 Å². The molecule has 1 aliphatic heterocycles. The maximum Gasteiger partial charge on any atom is 0.266 e. The van der Waals surface area contributed by atoms with Crippen molar-refractivity contribution in [3.8, 4) is 0 Å². The second-order valence-corrected chi connectivity index (χ2v) is 8.26. The molecule has 2 amide bonds. The number of halogens is 1. The lowest BCUT2D eigenvalue weighted by Crippen LogP contribution is -2.29. The molecule has 1 heterocycles. The molecule has 150 valence electrons. The molecule has 4 nitrogen and oxygen atoms in total. The Labute approximate surface area is 179 Å². The third-order valence-corrected chi connectivity index (χ3v) is 5.85. The summed E-state index contributed by atoms with van der Waals surface area (Å²) in [5.41, 5.74) is 2.74. The maximum atomic E-state index is 12.9. The number of carbonyl (C=O) groups excluding carboxylic acids is 2. The number of nitrogens with one attached hydrogen (secondary N) is 1. The molecule has 3 rings (SSSR count). The molecule has 0 bridgehead atoms. The zero-order chi connectivity index (χ0) is 20.8. The van der Waals surface area contributed by atoms with Crippen LogP contribution in [-0.2, 0) is 16.0 Å².